The highest BCUT2D eigenvalue weighted by atomic mass is 35.5. The first-order valence-electron chi connectivity index (χ1n) is 10.6. The van der Waals surface area contributed by atoms with Crippen LogP contribution in [0.25, 0.3) is 33.4 Å². The number of benzene rings is 2. The molecule has 0 atom stereocenters. The number of hydrogen-bond acceptors (Lipinski definition) is 4. The van der Waals surface area contributed by atoms with Crippen molar-refractivity contribution in [1.82, 2.24) is 9.55 Å². The Hall–Kier alpha value is -2.86. The van der Waals surface area contributed by atoms with E-state index in [0.717, 1.165) is 11.1 Å². The van der Waals surface area contributed by atoms with Crippen molar-refractivity contribution in [2.24, 2.45) is 10.9 Å². The second-order valence-corrected chi connectivity index (χ2v) is 9.52. The number of rotatable bonds is 6. The number of aliphatic imine (C=N–C) groups is 1. The highest BCUT2D eigenvalue weighted by Crippen LogP contribution is 2.41. The Morgan fingerprint density at radius 1 is 1.03 bits per heavy atom. The van der Waals surface area contributed by atoms with Gasteiger partial charge in [-0.15, -0.1) is 0 Å². The monoisotopic (exact) mass is 513 g/mol. The minimum atomic E-state index is -0.314. The minimum absolute atomic E-state index is 0.129. The molecule has 0 radical (unpaired) electrons. The molecule has 0 spiro atoms. The molecule has 0 amide bonds. The van der Waals surface area contributed by atoms with Crippen LogP contribution in [0.3, 0.4) is 0 Å². The van der Waals surface area contributed by atoms with Gasteiger partial charge in [-0.3, -0.25) is 14.4 Å². The van der Waals surface area contributed by atoms with Crippen molar-refractivity contribution in [3.8, 4) is 28.1 Å². The lowest BCUT2D eigenvalue weighted by Gasteiger charge is -2.19. The molecule has 4 rings (SSSR count). The lowest BCUT2D eigenvalue weighted by atomic mass is 9.97. The van der Waals surface area contributed by atoms with Gasteiger partial charge in [0.2, 0.25) is 5.75 Å². The Balaban J connectivity index is 2.19. The highest BCUT2D eigenvalue weighted by Gasteiger charge is 2.22. The fourth-order valence-corrected chi connectivity index (χ4v) is 4.56. The predicted molar refractivity (Wildman–Crippen MR) is 143 cm³/mol. The maximum atomic E-state index is 13.3. The van der Waals surface area contributed by atoms with Gasteiger partial charge in [-0.05, 0) is 54.6 Å². The summed E-state index contributed by atoms with van der Waals surface area (Å²) in [5.41, 5.74) is 3.45. The van der Waals surface area contributed by atoms with Gasteiger partial charge >= 0.3 is 0 Å². The van der Waals surface area contributed by atoms with E-state index in [0.29, 0.717) is 49.6 Å². The molecule has 0 aliphatic carbocycles. The average Bonchev–Trinajstić information content (AvgIpc) is 2.80. The second-order valence-electron chi connectivity index (χ2n) is 8.24. The predicted octanol–water partition coefficient (Wildman–Crippen LogP) is 7.69. The number of ether oxygens (including phenoxy) is 1. The summed E-state index contributed by atoms with van der Waals surface area (Å²) < 4.78 is 7.08. The molecule has 8 heteroatoms. The summed E-state index contributed by atoms with van der Waals surface area (Å²) in [4.78, 5) is 22.5. The van der Waals surface area contributed by atoms with Gasteiger partial charge in [-0.2, -0.15) is 0 Å². The van der Waals surface area contributed by atoms with Crippen LogP contribution < -0.4 is 10.3 Å². The first-order valence-corrected chi connectivity index (χ1v) is 11.7. The number of pyridine rings is 2. The van der Waals surface area contributed by atoms with Crippen molar-refractivity contribution in [1.29, 1.82) is 0 Å². The number of fused-ring (bicyclic) bond motifs is 1. The van der Waals surface area contributed by atoms with Crippen LogP contribution in [0.4, 0.5) is 5.69 Å². The molecule has 0 unspecified atom stereocenters. The van der Waals surface area contributed by atoms with Crippen LogP contribution in [0.1, 0.15) is 13.8 Å². The van der Waals surface area contributed by atoms with E-state index in [-0.39, 0.29) is 17.2 Å². The van der Waals surface area contributed by atoms with E-state index in [4.69, 9.17) is 44.5 Å². The fraction of sp³-hybridized carbons (Fsp3) is 0.192. The zero-order valence-electron chi connectivity index (χ0n) is 18.9. The van der Waals surface area contributed by atoms with Crippen molar-refractivity contribution in [3.05, 3.63) is 74.0 Å². The van der Waals surface area contributed by atoms with Gasteiger partial charge in [-0.25, -0.2) is 4.98 Å². The standard InChI is InChI=1S/C26H22Cl3N3O2/c1-14(2)13-32-25-20(23(30-3)24(34-4)26(32)33)12-19(15-5-7-16(27)8-6-15)22(31-25)18-10-9-17(28)11-21(18)29/h5-12,14H,3,13H2,1-2,4H3. The van der Waals surface area contributed by atoms with E-state index in [1.54, 1.807) is 28.8 Å². The van der Waals surface area contributed by atoms with Gasteiger partial charge in [0.25, 0.3) is 5.56 Å². The molecule has 0 fully saturated rings. The zero-order valence-corrected chi connectivity index (χ0v) is 21.2. The molecule has 2 aromatic carbocycles. The van der Waals surface area contributed by atoms with Crippen molar-refractivity contribution >= 4 is 58.2 Å². The summed E-state index contributed by atoms with van der Waals surface area (Å²) in [6.45, 7) is 8.19. The largest absolute Gasteiger partial charge is 0.490 e. The lowest BCUT2D eigenvalue weighted by molar-refractivity contribution is 0.401. The average molecular weight is 515 g/mol. The quantitative estimate of drug-likeness (QED) is 0.248. The van der Waals surface area contributed by atoms with Crippen molar-refractivity contribution in [3.63, 3.8) is 0 Å². The van der Waals surface area contributed by atoms with Crippen LogP contribution in [-0.4, -0.2) is 23.4 Å². The number of halogens is 3. The van der Waals surface area contributed by atoms with Gasteiger partial charge in [0.05, 0.1) is 17.8 Å². The van der Waals surface area contributed by atoms with E-state index < -0.39 is 0 Å². The number of hydrogen-bond donors (Lipinski definition) is 0. The smallest absolute Gasteiger partial charge is 0.296 e. The normalized spacial score (nSPS) is 11.3. The summed E-state index contributed by atoms with van der Waals surface area (Å²) in [5.74, 6) is 0.317. The molecular formula is C26H22Cl3N3O2. The Bertz CT molecular complexity index is 1460. The van der Waals surface area contributed by atoms with E-state index in [1.165, 1.54) is 7.11 Å². The second kappa shape index (κ2) is 9.79. The fourth-order valence-electron chi connectivity index (χ4n) is 3.94. The molecule has 0 aliphatic rings. The molecule has 2 heterocycles. The zero-order chi connectivity index (χ0) is 24.6. The van der Waals surface area contributed by atoms with Crippen LogP contribution in [0.15, 0.2) is 58.3 Å². The first kappa shape index (κ1) is 24.3. The molecule has 4 aromatic rings. The summed E-state index contributed by atoms with van der Waals surface area (Å²) in [6, 6.07) is 14.6. The number of aromatic nitrogens is 2. The van der Waals surface area contributed by atoms with Crippen molar-refractivity contribution in [2.75, 3.05) is 7.11 Å². The Morgan fingerprint density at radius 3 is 2.29 bits per heavy atom. The van der Waals surface area contributed by atoms with Crippen molar-refractivity contribution < 1.29 is 4.74 Å². The summed E-state index contributed by atoms with van der Waals surface area (Å²) in [6.07, 6.45) is 0. The van der Waals surface area contributed by atoms with E-state index in [9.17, 15) is 4.79 Å². The highest BCUT2D eigenvalue weighted by molar-refractivity contribution is 6.36. The lowest BCUT2D eigenvalue weighted by Crippen LogP contribution is -2.25. The molecule has 34 heavy (non-hydrogen) atoms. The van der Waals surface area contributed by atoms with Gasteiger partial charge in [0.15, 0.2) is 0 Å². The van der Waals surface area contributed by atoms with E-state index in [1.807, 2.05) is 38.1 Å². The van der Waals surface area contributed by atoms with Crippen molar-refractivity contribution in [2.45, 2.75) is 20.4 Å². The van der Waals surface area contributed by atoms with Crippen LogP contribution >= 0.6 is 34.8 Å². The van der Waals surface area contributed by atoms with Gasteiger partial charge in [0, 0.05) is 33.1 Å². The molecular weight excluding hydrogens is 493 g/mol. The molecule has 0 saturated heterocycles. The topological polar surface area (TPSA) is 56.5 Å². The third kappa shape index (κ3) is 4.43. The number of nitrogens with zero attached hydrogens (tertiary/aromatic N) is 3. The minimum Gasteiger partial charge on any atom is -0.490 e. The van der Waals surface area contributed by atoms with Gasteiger partial charge in [-0.1, -0.05) is 60.8 Å². The summed E-state index contributed by atoms with van der Waals surface area (Å²) >= 11 is 18.9. The Labute approximate surface area is 212 Å². The molecule has 0 bridgehead atoms. The third-order valence-corrected chi connectivity index (χ3v) is 6.22. The maximum Gasteiger partial charge on any atom is 0.296 e. The van der Waals surface area contributed by atoms with E-state index >= 15 is 0 Å². The summed E-state index contributed by atoms with van der Waals surface area (Å²) in [7, 11) is 1.45. The van der Waals surface area contributed by atoms with Gasteiger partial charge in [0.1, 0.15) is 11.3 Å². The molecule has 0 saturated carbocycles. The van der Waals surface area contributed by atoms with E-state index in [2.05, 4.69) is 11.7 Å². The Morgan fingerprint density at radius 2 is 1.71 bits per heavy atom. The maximum absolute atomic E-state index is 13.3. The van der Waals surface area contributed by atoms with Crippen LogP contribution in [0, 0.1) is 5.92 Å². The molecule has 0 N–H and O–H groups in total. The van der Waals surface area contributed by atoms with Crippen LogP contribution in [0.2, 0.25) is 15.1 Å². The molecule has 5 nitrogen and oxygen atoms in total. The summed E-state index contributed by atoms with van der Waals surface area (Å²) in [5, 5.41) is 2.22. The molecule has 174 valence electrons. The van der Waals surface area contributed by atoms with Crippen LogP contribution in [-0.2, 0) is 6.54 Å². The van der Waals surface area contributed by atoms with Crippen LogP contribution in [0.5, 0.6) is 5.75 Å². The molecule has 0 aliphatic heterocycles. The Kier molecular flexibility index (Phi) is 6.99. The number of methoxy groups -OCH3 is 1. The SMILES string of the molecule is C=Nc1c(OC)c(=O)n(CC(C)C)c2nc(-c3ccc(Cl)cc3Cl)c(-c3ccc(Cl)cc3)cc12. The van der Waals surface area contributed by atoms with Gasteiger partial charge < -0.3 is 4.74 Å². The third-order valence-electron chi connectivity index (χ3n) is 5.42. The molecule has 2 aromatic heterocycles. The first-order chi connectivity index (χ1) is 16.2.